The van der Waals surface area contributed by atoms with Crippen LogP contribution in [0, 0.1) is 23.7 Å². The van der Waals surface area contributed by atoms with E-state index in [-0.39, 0.29) is 37.0 Å². The summed E-state index contributed by atoms with van der Waals surface area (Å²) in [4.78, 5) is 14.3. The molecule has 1 amide bonds. The zero-order chi connectivity index (χ0) is 26.0. The third-order valence-electron chi connectivity index (χ3n) is 9.67. The van der Waals surface area contributed by atoms with Crippen LogP contribution in [0.25, 0.3) is 0 Å². The zero-order valence-corrected chi connectivity index (χ0v) is 21.9. The molecule has 37 heavy (non-hydrogen) atoms. The Kier molecular flexibility index (Phi) is 8.80. The molecule has 4 heterocycles. The van der Waals surface area contributed by atoms with Crippen molar-refractivity contribution in [2.45, 2.75) is 88.3 Å². The van der Waals surface area contributed by atoms with Gasteiger partial charge in [-0.25, -0.2) is 5.01 Å². The van der Waals surface area contributed by atoms with E-state index < -0.39 is 12.1 Å². The van der Waals surface area contributed by atoms with Crippen molar-refractivity contribution in [1.82, 2.24) is 31.3 Å². The fourth-order valence-electron chi connectivity index (χ4n) is 7.63. The van der Waals surface area contributed by atoms with E-state index in [0.717, 1.165) is 52.0 Å². The Morgan fingerprint density at radius 2 is 1.78 bits per heavy atom. The van der Waals surface area contributed by atoms with Crippen LogP contribution >= 0.6 is 0 Å². The minimum Gasteiger partial charge on any atom is -0.338 e. The maximum atomic E-state index is 13.2. The molecule has 0 spiro atoms. The molecule has 0 aromatic heterocycles. The van der Waals surface area contributed by atoms with Crippen molar-refractivity contribution < 1.29 is 18.0 Å². The number of alkyl halides is 3. The second-order valence-electron chi connectivity index (χ2n) is 12.1. The van der Waals surface area contributed by atoms with E-state index in [1.807, 2.05) is 4.90 Å². The lowest BCUT2D eigenvalue weighted by molar-refractivity contribution is -0.184. The molecule has 4 N–H and O–H groups in total. The third-order valence-corrected chi connectivity index (χ3v) is 9.67. The Hall–Kier alpha value is -1.20. The first-order valence-corrected chi connectivity index (χ1v) is 14.5. The van der Waals surface area contributed by atoms with E-state index in [1.54, 1.807) is 0 Å². The molecule has 10 heteroatoms. The average molecular weight is 527 g/mol. The number of carbonyl (C=O) groups excluding carboxylic acids is 1. The third kappa shape index (κ3) is 6.69. The van der Waals surface area contributed by atoms with Crippen LogP contribution in [0.1, 0.15) is 57.8 Å². The zero-order valence-electron chi connectivity index (χ0n) is 21.9. The standard InChI is InChI=1S/C27H45F3N6O/c1-2-25(37)35-12-9-21-23(17-35)32-24(14-18-5-7-20(8-6-18)27(28,29)30)33-26(21)22-10-13-36(34-22)16-19-4-3-11-31-15-19/h2,18-24,26,31-34H,1,3-17H2. The van der Waals surface area contributed by atoms with Crippen LogP contribution in [-0.2, 0) is 4.79 Å². The molecule has 1 aliphatic carbocycles. The molecule has 5 aliphatic rings. The molecule has 0 aromatic carbocycles. The number of likely N-dealkylation sites (tertiary alicyclic amines) is 1. The molecular weight excluding hydrogens is 481 g/mol. The van der Waals surface area contributed by atoms with Crippen molar-refractivity contribution in [3.63, 3.8) is 0 Å². The SMILES string of the molecule is C=CC(=O)N1CCC2C(C1)NC(CC1CCC(C(F)(F)F)CC1)NC2C1CCN(CC2CCCNC2)N1. The number of halogens is 3. The summed E-state index contributed by atoms with van der Waals surface area (Å²) in [5, 5.41) is 13.6. The topological polar surface area (TPSA) is 71.7 Å². The van der Waals surface area contributed by atoms with E-state index in [0.29, 0.717) is 43.2 Å². The van der Waals surface area contributed by atoms with Gasteiger partial charge in [0.05, 0.1) is 12.1 Å². The number of fused-ring (bicyclic) bond motifs is 1. The number of nitrogens with one attached hydrogen (secondary N) is 4. The molecule has 0 radical (unpaired) electrons. The summed E-state index contributed by atoms with van der Waals surface area (Å²) in [7, 11) is 0. The summed E-state index contributed by atoms with van der Waals surface area (Å²) in [6.45, 7) is 9.38. The van der Waals surface area contributed by atoms with Crippen molar-refractivity contribution in [1.29, 1.82) is 0 Å². The van der Waals surface area contributed by atoms with Crippen molar-refractivity contribution in [2.75, 3.05) is 39.3 Å². The second kappa shape index (κ2) is 11.9. The van der Waals surface area contributed by atoms with Gasteiger partial charge in [-0.2, -0.15) is 13.2 Å². The Labute approximate surface area is 219 Å². The van der Waals surface area contributed by atoms with Gasteiger partial charge in [0, 0.05) is 44.3 Å². The molecule has 1 saturated carbocycles. The van der Waals surface area contributed by atoms with E-state index in [2.05, 4.69) is 33.0 Å². The summed E-state index contributed by atoms with van der Waals surface area (Å²) < 4.78 is 39.5. The maximum Gasteiger partial charge on any atom is 0.391 e. The molecule has 0 aromatic rings. The van der Waals surface area contributed by atoms with Gasteiger partial charge in [-0.3, -0.25) is 20.9 Å². The van der Waals surface area contributed by atoms with E-state index in [4.69, 9.17) is 0 Å². The first kappa shape index (κ1) is 27.4. The summed E-state index contributed by atoms with van der Waals surface area (Å²) in [6, 6.07) is 0.785. The minimum absolute atomic E-state index is 0.0244. The van der Waals surface area contributed by atoms with Gasteiger partial charge in [0.15, 0.2) is 0 Å². The van der Waals surface area contributed by atoms with Crippen LogP contribution < -0.4 is 21.4 Å². The lowest BCUT2D eigenvalue weighted by Gasteiger charge is -2.51. The lowest BCUT2D eigenvalue weighted by Crippen LogP contribution is -2.71. The Morgan fingerprint density at radius 1 is 0.973 bits per heavy atom. The van der Waals surface area contributed by atoms with Crippen molar-refractivity contribution in [2.24, 2.45) is 23.7 Å². The van der Waals surface area contributed by atoms with Crippen LogP contribution in [0.2, 0.25) is 0 Å². The lowest BCUT2D eigenvalue weighted by atomic mass is 9.76. The van der Waals surface area contributed by atoms with Crippen molar-refractivity contribution in [3.8, 4) is 0 Å². The molecule has 6 atom stereocenters. The van der Waals surface area contributed by atoms with Crippen LogP contribution in [0.3, 0.4) is 0 Å². The van der Waals surface area contributed by atoms with Crippen LogP contribution in [0.4, 0.5) is 13.2 Å². The molecule has 5 rings (SSSR count). The van der Waals surface area contributed by atoms with Gasteiger partial charge in [0.25, 0.3) is 0 Å². The van der Waals surface area contributed by atoms with Crippen molar-refractivity contribution >= 4 is 5.91 Å². The smallest absolute Gasteiger partial charge is 0.338 e. The quantitative estimate of drug-likeness (QED) is 0.399. The van der Waals surface area contributed by atoms with Crippen molar-refractivity contribution in [3.05, 3.63) is 12.7 Å². The molecule has 210 valence electrons. The number of piperidine rings is 2. The highest BCUT2D eigenvalue weighted by Crippen LogP contribution is 2.41. The monoisotopic (exact) mass is 526 g/mol. The predicted molar refractivity (Wildman–Crippen MR) is 137 cm³/mol. The van der Waals surface area contributed by atoms with E-state index in [1.165, 1.54) is 18.9 Å². The highest BCUT2D eigenvalue weighted by molar-refractivity contribution is 5.87. The number of hydrazine groups is 1. The first-order chi connectivity index (χ1) is 17.8. The summed E-state index contributed by atoms with van der Waals surface area (Å²) in [5.74, 6) is 0.213. The van der Waals surface area contributed by atoms with Gasteiger partial charge in [0.2, 0.25) is 5.91 Å². The number of hydrogen-bond acceptors (Lipinski definition) is 6. The Morgan fingerprint density at radius 3 is 2.49 bits per heavy atom. The first-order valence-electron chi connectivity index (χ1n) is 14.5. The normalized spacial score (nSPS) is 39.8. The molecule has 7 nitrogen and oxygen atoms in total. The molecule has 4 saturated heterocycles. The second-order valence-corrected chi connectivity index (χ2v) is 12.1. The number of amides is 1. The fraction of sp³-hybridized carbons (Fsp3) is 0.889. The Balaban J connectivity index is 1.22. The van der Waals surface area contributed by atoms with Gasteiger partial charge in [-0.1, -0.05) is 6.58 Å². The van der Waals surface area contributed by atoms with Gasteiger partial charge >= 0.3 is 6.18 Å². The Bertz CT molecular complexity index is 783. The molecule has 5 fully saturated rings. The predicted octanol–water partition coefficient (Wildman–Crippen LogP) is 2.61. The molecular formula is C27H45F3N6O. The number of nitrogens with zero attached hydrogens (tertiary/aromatic N) is 2. The number of carbonyl (C=O) groups is 1. The number of hydrogen-bond donors (Lipinski definition) is 4. The largest absolute Gasteiger partial charge is 0.391 e. The molecule has 6 unspecified atom stereocenters. The average Bonchev–Trinajstić information content (AvgIpc) is 3.36. The van der Waals surface area contributed by atoms with E-state index >= 15 is 0 Å². The van der Waals surface area contributed by atoms with Gasteiger partial charge in [-0.15, -0.1) is 0 Å². The summed E-state index contributed by atoms with van der Waals surface area (Å²) in [6.07, 6.45) is 4.51. The van der Waals surface area contributed by atoms with Crippen LogP contribution in [-0.4, -0.2) is 85.6 Å². The maximum absolute atomic E-state index is 13.2. The highest BCUT2D eigenvalue weighted by Gasteiger charge is 2.47. The van der Waals surface area contributed by atoms with Gasteiger partial charge in [0.1, 0.15) is 0 Å². The number of rotatable bonds is 6. The van der Waals surface area contributed by atoms with Crippen LogP contribution in [0.15, 0.2) is 12.7 Å². The van der Waals surface area contributed by atoms with Crippen LogP contribution in [0.5, 0.6) is 0 Å². The highest BCUT2D eigenvalue weighted by atomic mass is 19.4. The summed E-state index contributed by atoms with van der Waals surface area (Å²) >= 11 is 0. The molecule has 4 aliphatic heterocycles. The van der Waals surface area contributed by atoms with Gasteiger partial charge in [-0.05, 0) is 94.7 Å². The molecule has 0 bridgehead atoms. The van der Waals surface area contributed by atoms with E-state index in [9.17, 15) is 18.0 Å². The summed E-state index contributed by atoms with van der Waals surface area (Å²) in [5.41, 5.74) is 3.83. The minimum atomic E-state index is -4.07. The fourth-order valence-corrected chi connectivity index (χ4v) is 7.63. The van der Waals surface area contributed by atoms with Gasteiger partial charge < -0.3 is 10.2 Å².